The van der Waals surface area contributed by atoms with Crippen LogP contribution in [0.15, 0.2) is 22.7 Å². The summed E-state index contributed by atoms with van der Waals surface area (Å²) in [4.78, 5) is 22.5. The fourth-order valence-electron chi connectivity index (χ4n) is 1.61. The summed E-state index contributed by atoms with van der Waals surface area (Å²) in [7, 11) is 2.71. The minimum atomic E-state index is -0.299. The van der Waals surface area contributed by atoms with Crippen molar-refractivity contribution >= 4 is 27.9 Å². The van der Waals surface area contributed by atoms with Gasteiger partial charge in [-0.15, -0.1) is 0 Å². The molecule has 0 aliphatic carbocycles. The van der Waals surface area contributed by atoms with Gasteiger partial charge in [0.25, 0.3) is 0 Å². The number of ether oxygens (including phenoxy) is 2. The molecule has 0 atom stereocenters. The van der Waals surface area contributed by atoms with E-state index in [2.05, 4.69) is 25.4 Å². The Balaban J connectivity index is 2.86. The Morgan fingerprint density at radius 1 is 1.17 bits per heavy atom. The van der Waals surface area contributed by atoms with E-state index in [0.29, 0.717) is 6.42 Å². The van der Waals surface area contributed by atoms with Gasteiger partial charge < -0.3 is 9.47 Å². The molecule has 18 heavy (non-hydrogen) atoms. The molecule has 0 radical (unpaired) electrons. The molecule has 0 aliphatic heterocycles. The van der Waals surface area contributed by atoms with Crippen molar-refractivity contribution in [3.05, 3.63) is 33.8 Å². The van der Waals surface area contributed by atoms with Crippen LogP contribution < -0.4 is 0 Å². The molecule has 1 rings (SSSR count). The third-order valence-electron chi connectivity index (χ3n) is 2.59. The lowest BCUT2D eigenvalue weighted by molar-refractivity contribution is -0.140. The number of esters is 2. The summed E-state index contributed by atoms with van der Waals surface area (Å²) in [5.74, 6) is -0.567. The van der Waals surface area contributed by atoms with Crippen LogP contribution in [0.25, 0.3) is 0 Å². The summed E-state index contributed by atoms with van der Waals surface area (Å²) in [6, 6.07) is 5.59. The van der Waals surface area contributed by atoms with Crippen molar-refractivity contribution in [1.82, 2.24) is 0 Å². The molecule has 0 amide bonds. The van der Waals surface area contributed by atoms with Gasteiger partial charge in [-0.3, -0.25) is 9.59 Å². The molecule has 0 N–H and O–H groups in total. The average molecular weight is 315 g/mol. The van der Waals surface area contributed by atoms with E-state index in [4.69, 9.17) is 0 Å². The molecule has 0 aromatic heterocycles. The highest BCUT2D eigenvalue weighted by molar-refractivity contribution is 9.10. The van der Waals surface area contributed by atoms with Gasteiger partial charge in [0.15, 0.2) is 0 Å². The number of carbonyl (C=O) groups excluding carboxylic acids is 2. The smallest absolute Gasteiger partial charge is 0.309 e. The number of hydrogen-bond acceptors (Lipinski definition) is 4. The van der Waals surface area contributed by atoms with Gasteiger partial charge >= 0.3 is 11.9 Å². The molecular formula is C13H15BrO4. The van der Waals surface area contributed by atoms with Crippen molar-refractivity contribution in [2.24, 2.45) is 0 Å². The highest BCUT2D eigenvalue weighted by Gasteiger charge is 2.12. The zero-order valence-corrected chi connectivity index (χ0v) is 12.0. The van der Waals surface area contributed by atoms with Crippen molar-refractivity contribution in [3.63, 3.8) is 0 Å². The Bertz CT molecular complexity index is 443. The molecule has 0 aliphatic rings. The second-order valence-electron chi connectivity index (χ2n) is 3.71. The average Bonchev–Trinajstić information content (AvgIpc) is 2.37. The number of carbonyl (C=O) groups is 2. The number of hydrogen-bond donors (Lipinski definition) is 0. The summed E-state index contributed by atoms with van der Waals surface area (Å²) in [6.45, 7) is 0. The van der Waals surface area contributed by atoms with Gasteiger partial charge in [-0.05, 0) is 23.6 Å². The van der Waals surface area contributed by atoms with Crippen LogP contribution in [-0.2, 0) is 31.9 Å². The molecule has 0 saturated carbocycles. The minimum Gasteiger partial charge on any atom is -0.469 e. The zero-order chi connectivity index (χ0) is 13.5. The Hall–Kier alpha value is -1.36. The van der Waals surface area contributed by atoms with Crippen LogP contribution in [0.2, 0.25) is 0 Å². The lowest BCUT2D eigenvalue weighted by Gasteiger charge is -2.10. The molecule has 0 heterocycles. The van der Waals surface area contributed by atoms with E-state index in [0.717, 1.165) is 15.6 Å². The highest BCUT2D eigenvalue weighted by atomic mass is 79.9. The van der Waals surface area contributed by atoms with Crippen LogP contribution in [0.4, 0.5) is 0 Å². The summed E-state index contributed by atoms with van der Waals surface area (Å²) < 4.78 is 10.1. The van der Waals surface area contributed by atoms with Crippen LogP contribution in [0, 0.1) is 0 Å². The summed E-state index contributed by atoms with van der Waals surface area (Å²) in [5.41, 5.74) is 1.80. The second-order valence-corrected chi connectivity index (χ2v) is 4.56. The van der Waals surface area contributed by atoms with Gasteiger partial charge in [-0.25, -0.2) is 0 Å². The molecule has 1 aromatic carbocycles. The molecule has 0 unspecified atom stereocenters. The molecule has 0 saturated heterocycles. The van der Waals surface area contributed by atoms with Crippen LogP contribution in [-0.4, -0.2) is 26.2 Å². The maximum absolute atomic E-state index is 11.3. The lowest BCUT2D eigenvalue weighted by atomic mass is 10.0. The molecule has 0 bridgehead atoms. The first-order valence-electron chi connectivity index (χ1n) is 5.48. The van der Waals surface area contributed by atoms with E-state index in [9.17, 15) is 9.59 Å². The van der Waals surface area contributed by atoms with E-state index >= 15 is 0 Å². The molecule has 98 valence electrons. The fourth-order valence-corrected chi connectivity index (χ4v) is 2.21. The van der Waals surface area contributed by atoms with Gasteiger partial charge in [0.2, 0.25) is 0 Å². The minimum absolute atomic E-state index is 0.201. The lowest BCUT2D eigenvalue weighted by Crippen LogP contribution is -2.09. The van der Waals surface area contributed by atoms with Gasteiger partial charge in [-0.1, -0.05) is 28.1 Å². The van der Waals surface area contributed by atoms with Crippen molar-refractivity contribution in [1.29, 1.82) is 0 Å². The highest BCUT2D eigenvalue weighted by Crippen LogP contribution is 2.23. The largest absolute Gasteiger partial charge is 0.469 e. The third kappa shape index (κ3) is 4.14. The van der Waals surface area contributed by atoms with Crippen molar-refractivity contribution in [3.8, 4) is 0 Å². The maximum atomic E-state index is 11.3. The van der Waals surface area contributed by atoms with Gasteiger partial charge in [-0.2, -0.15) is 0 Å². The Kier molecular flexibility index (Phi) is 5.85. The van der Waals surface area contributed by atoms with E-state index in [1.807, 2.05) is 18.2 Å². The third-order valence-corrected chi connectivity index (χ3v) is 3.33. The van der Waals surface area contributed by atoms with Crippen LogP contribution in [0.3, 0.4) is 0 Å². The van der Waals surface area contributed by atoms with Gasteiger partial charge in [0, 0.05) is 10.9 Å². The Morgan fingerprint density at radius 2 is 1.83 bits per heavy atom. The summed E-state index contributed by atoms with van der Waals surface area (Å²) >= 11 is 3.43. The first-order valence-corrected chi connectivity index (χ1v) is 6.27. The van der Waals surface area contributed by atoms with Crippen LogP contribution in [0.1, 0.15) is 17.5 Å². The van der Waals surface area contributed by atoms with Gasteiger partial charge in [0.1, 0.15) is 0 Å². The predicted molar refractivity (Wildman–Crippen MR) is 70.2 cm³/mol. The number of methoxy groups -OCH3 is 2. The standard InChI is InChI=1S/C13H15BrO4/c1-17-12(15)7-6-10-9(8-13(16)18-2)4-3-5-11(10)14/h3-5H,6-8H2,1-2H3. The Labute approximate surface area is 114 Å². The summed E-state index contributed by atoms with van der Waals surface area (Å²) in [5, 5.41) is 0. The van der Waals surface area contributed by atoms with Crippen LogP contribution >= 0.6 is 15.9 Å². The van der Waals surface area contributed by atoms with Crippen LogP contribution in [0.5, 0.6) is 0 Å². The monoisotopic (exact) mass is 314 g/mol. The first-order chi connectivity index (χ1) is 8.58. The van der Waals surface area contributed by atoms with Crippen molar-refractivity contribution < 1.29 is 19.1 Å². The second kappa shape index (κ2) is 7.16. The fraction of sp³-hybridized carbons (Fsp3) is 0.385. The predicted octanol–water partition coefficient (Wildman–Crippen LogP) is 2.27. The van der Waals surface area contributed by atoms with E-state index in [-0.39, 0.29) is 24.8 Å². The number of halogens is 1. The SMILES string of the molecule is COC(=O)CCc1c(Br)cccc1CC(=O)OC. The van der Waals surface area contributed by atoms with E-state index < -0.39 is 0 Å². The molecular weight excluding hydrogens is 300 g/mol. The maximum Gasteiger partial charge on any atom is 0.309 e. The normalized spacial score (nSPS) is 9.94. The zero-order valence-electron chi connectivity index (χ0n) is 10.4. The first kappa shape index (κ1) is 14.7. The van der Waals surface area contributed by atoms with Crippen molar-refractivity contribution in [2.75, 3.05) is 14.2 Å². The van der Waals surface area contributed by atoms with Gasteiger partial charge in [0.05, 0.1) is 20.6 Å². The Morgan fingerprint density at radius 3 is 2.44 bits per heavy atom. The molecule has 4 nitrogen and oxygen atoms in total. The topological polar surface area (TPSA) is 52.6 Å². The van der Waals surface area contributed by atoms with E-state index in [1.165, 1.54) is 14.2 Å². The quantitative estimate of drug-likeness (QED) is 0.782. The van der Waals surface area contributed by atoms with E-state index in [1.54, 1.807) is 0 Å². The van der Waals surface area contributed by atoms with Crippen molar-refractivity contribution in [2.45, 2.75) is 19.3 Å². The molecule has 5 heteroatoms. The molecule has 0 spiro atoms. The molecule has 1 aromatic rings. The summed E-state index contributed by atoms with van der Waals surface area (Å²) in [6.07, 6.45) is 1.01. The molecule has 0 fully saturated rings. The number of rotatable bonds is 5. The number of benzene rings is 1.